The van der Waals surface area contributed by atoms with Crippen molar-refractivity contribution in [3.05, 3.63) is 64.0 Å². The minimum absolute atomic E-state index is 0.0586. The molecule has 10 nitrogen and oxygen atoms in total. The van der Waals surface area contributed by atoms with Gasteiger partial charge in [0.25, 0.3) is 5.69 Å². The molecule has 2 aromatic rings. The van der Waals surface area contributed by atoms with Crippen molar-refractivity contribution >= 4 is 23.3 Å². The van der Waals surface area contributed by atoms with E-state index in [1.165, 1.54) is 24.3 Å². The third-order valence-electron chi connectivity index (χ3n) is 5.07. The standard InChI is InChI=1S/C21H26N6O4/c1-15-4-3-5-18(22-15)14-25-10-12-26(13-11-25)21(29)23-16(2)20(28)24-17-6-8-19(9-7-17)27(30)31/h3-9,16H,10-14H2,1-2H3,(H,23,29)(H,24,28). The number of hydrogen-bond acceptors (Lipinski definition) is 6. The molecule has 1 aliphatic rings. The minimum atomic E-state index is -0.753. The maximum absolute atomic E-state index is 12.5. The first-order chi connectivity index (χ1) is 14.8. The molecule has 0 aliphatic carbocycles. The average molecular weight is 426 g/mol. The Morgan fingerprint density at radius 2 is 1.81 bits per heavy atom. The van der Waals surface area contributed by atoms with E-state index in [-0.39, 0.29) is 11.7 Å². The average Bonchev–Trinajstić information content (AvgIpc) is 2.74. The molecule has 2 N–H and O–H groups in total. The molecule has 164 valence electrons. The van der Waals surface area contributed by atoms with E-state index in [2.05, 4.69) is 20.5 Å². The van der Waals surface area contributed by atoms with Crippen molar-refractivity contribution in [3.63, 3.8) is 0 Å². The Hall–Kier alpha value is -3.53. The SMILES string of the molecule is Cc1cccc(CN2CCN(C(=O)NC(C)C(=O)Nc3ccc([N+](=O)[O-])cc3)CC2)n1. The number of aromatic nitrogens is 1. The van der Waals surface area contributed by atoms with E-state index in [0.717, 1.165) is 31.0 Å². The van der Waals surface area contributed by atoms with Gasteiger partial charge in [-0.2, -0.15) is 0 Å². The third-order valence-corrected chi connectivity index (χ3v) is 5.07. The quantitative estimate of drug-likeness (QED) is 0.539. The molecule has 1 aromatic heterocycles. The van der Waals surface area contributed by atoms with Crippen LogP contribution in [0.25, 0.3) is 0 Å². The van der Waals surface area contributed by atoms with Crippen LogP contribution in [0.2, 0.25) is 0 Å². The van der Waals surface area contributed by atoms with E-state index < -0.39 is 16.9 Å². The van der Waals surface area contributed by atoms with Crippen LogP contribution >= 0.6 is 0 Å². The highest BCUT2D eigenvalue weighted by atomic mass is 16.6. The lowest BCUT2D eigenvalue weighted by molar-refractivity contribution is -0.384. The van der Waals surface area contributed by atoms with Crippen LogP contribution < -0.4 is 10.6 Å². The van der Waals surface area contributed by atoms with Gasteiger partial charge in [0.1, 0.15) is 6.04 Å². The van der Waals surface area contributed by atoms with Crippen molar-refractivity contribution in [1.29, 1.82) is 0 Å². The molecule has 1 aliphatic heterocycles. The fourth-order valence-corrected chi connectivity index (χ4v) is 3.28. The van der Waals surface area contributed by atoms with Crippen LogP contribution in [0.1, 0.15) is 18.3 Å². The molecule has 0 radical (unpaired) electrons. The van der Waals surface area contributed by atoms with Crippen LogP contribution in [0.3, 0.4) is 0 Å². The maximum atomic E-state index is 12.5. The number of urea groups is 1. The van der Waals surface area contributed by atoms with Crippen molar-refractivity contribution in [2.24, 2.45) is 0 Å². The van der Waals surface area contributed by atoms with Gasteiger partial charge in [0.05, 0.1) is 10.6 Å². The van der Waals surface area contributed by atoms with Gasteiger partial charge in [0, 0.05) is 56.2 Å². The number of piperazine rings is 1. The first kappa shape index (κ1) is 22.2. The summed E-state index contributed by atoms with van der Waals surface area (Å²) in [4.78, 5) is 43.5. The van der Waals surface area contributed by atoms with E-state index >= 15 is 0 Å². The number of non-ortho nitro benzene ring substituents is 1. The van der Waals surface area contributed by atoms with Crippen molar-refractivity contribution in [3.8, 4) is 0 Å². The summed E-state index contributed by atoms with van der Waals surface area (Å²) in [6.45, 7) is 6.88. The number of benzene rings is 1. The minimum Gasteiger partial charge on any atom is -0.326 e. The Balaban J connectivity index is 1.44. The van der Waals surface area contributed by atoms with E-state index in [9.17, 15) is 19.7 Å². The van der Waals surface area contributed by atoms with Crippen molar-refractivity contribution < 1.29 is 14.5 Å². The van der Waals surface area contributed by atoms with Crippen LogP contribution in [0.4, 0.5) is 16.2 Å². The number of carbonyl (C=O) groups is 2. The first-order valence-corrected chi connectivity index (χ1v) is 10.1. The van der Waals surface area contributed by atoms with Crippen LogP contribution in [0.5, 0.6) is 0 Å². The second kappa shape index (κ2) is 9.98. The first-order valence-electron chi connectivity index (χ1n) is 10.1. The fourth-order valence-electron chi connectivity index (χ4n) is 3.28. The number of nitro groups is 1. The third kappa shape index (κ3) is 6.22. The molecule has 0 spiro atoms. The Bertz CT molecular complexity index is 941. The number of pyridine rings is 1. The topological polar surface area (TPSA) is 121 Å². The molecule has 1 atom stereocenters. The van der Waals surface area contributed by atoms with Crippen LogP contribution in [-0.2, 0) is 11.3 Å². The number of aryl methyl sites for hydroxylation is 1. The predicted molar refractivity (Wildman–Crippen MR) is 116 cm³/mol. The van der Waals surface area contributed by atoms with Gasteiger partial charge in [-0.25, -0.2) is 4.79 Å². The smallest absolute Gasteiger partial charge is 0.318 e. The molecular formula is C21H26N6O4. The molecule has 31 heavy (non-hydrogen) atoms. The molecular weight excluding hydrogens is 400 g/mol. The molecule has 0 bridgehead atoms. The highest BCUT2D eigenvalue weighted by Gasteiger charge is 2.24. The van der Waals surface area contributed by atoms with E-state index in [0.29, 0.717) is 18.8 Å². The summed E-state index contributed by atoms with van der Waals surface area (Å²) in [6, 6.07) is 10.4. The van der Waals surface area contributed by atoms with Gasteiger partial charge in [0.15, 0.2) is 0 Å². The van der Waals surface area contributed by atoms with Gasteiger partial charge >= 0.3 is 6.03 Å². The Labute approximate surface area is 180 Å². The van der Waals surface area contributed by atoms with Crippen molar-refractivity contribution in [2.75, 3.05) is 31.5 Å². The highest BCUT2D eigenvalue weighted by molar-refractivity contribution is 5.96. The van der Waals surface area contributed by atoms with Crippen LogP contribution in [0.15, 0.2) is 42.5 Å². The number of amides is 3. The second-order valence-electron chi connectivity index (χ2n) is 7.50. The van der Waals surface area contributed by atoms with Gasteiger partial charge < -0.3 is 15.5 Å². The molecule has 3 amide bonds. The highest BCUT2D eigenvalue weighted by Crippen LogP contribution is 2.15. The summed E-state index contributed by atoms with van der Waals surface area (Å²) in [6.07, 6.45) is 0. The lowest BCUT2D eigenvalue weighted by atomic mass is 10.2. The van der Waals surface area contributed by atoms with Crippen molar-refractivity contribution in [1.82, 2.24) is 20.1 Å². The maximum Gasteiger partial charge on any atom is 0.318 e. The van der Waals surface area contributed by atoms with Gasteiger partial charge in [0.2, 0.25) is 5.91 Å². The number of anilines is 1. The lowest BCUT2D eigenvalue weighted by Gasteiger charge is -2.35. The molecule has 2 heterocycles. The van der Waals surface area contributed by atoms with E-state index in [4.69, 9.17) is 0 Å². The summed E-state index contributed by atoms with van der Waals surface area (Å²) >= 11 is 0. The zero-order valence-corrected chi connectivity index (χ0v) is 17.6. The summed E-state index contributed by atoms with van der Waals surface area (Å²) in [5.74, 6) is -0.397. The van der Waals surface area contributed by atoms with Gasteiger partial charge in [-0.15, -0.1) is 0 Å². The second-order valence-corrected chi connectivity index (χ2v) is 7.50. The molecule has 0 saturated carbocycles. The fraction of sp³-hybridized carbons (Fsp3) is 0.381. The molecule has 1 aromatic carbocycles. The largest absolute Gasteiger partial charge is 0.326 e. The molecule has 10 heteroatoms. The number of carbonyl (C=O) groups excluding carboxylic acids is 2. The van der Waals surface area contributed by atoms with Crippen LogP contribution in [0, 0.1) is 17.0 Å². The molecule has 1 unspecified atom stereocenters. The van der Waals surface area contributed by atoms with Crippen LogP contribution in [-0.4, -0.2) is 63.9 Å². The summed E-state index contributed by atoms with van der Waals surface area (Å²) in [7, 11) is 0. The Kier molecular flexibility index (Phi) is 7.14. The number of rotatable bonds is 6. The predicted octanol–water partition coefficient (Wildman–Crippen LogP) is 2.15. The van der Waals surface area contributed by atoms with E-state index in [1.54, 1.807) is 11.8 Å². The Morgan fingerprint density at radius 3 is 2.42 bits per heavy atom. The molecule has 1 fully saturated rings. The zero-order valence-electron chi connectivity index (χ0n) is 17.6. The number of nitrogens with zero attached hydrogens (tertiary/aromatic N) is 4. The molecule has 3 rings (SSSR count). The lowest BCUT2D eigenvalue weighted by Crippen LogP contribution is -2.54. The number of nitro benzene ring substituents is 1. The van der Waals surface area contributed by atoms with Gasteiger partial charge in [-0.05, 0) is 38.1 Å². The monoisotopic (exact) mass is 426 g/mol. The zero-order chi connectivity index (χ0) is 22.4. The summed E-state index contributed by atoms with van der Waals surface area (Å²) < 4.78 is 0. The van der Waals surface area contributed by atoms with Crippen molar-refractivity contribution in [2.45, 2.75) is 26.4 Å². The van der Waals surface area contributed by atoms with Gasteiger partial charge in [-0.1, -0.05) is 6.07 Å². The summed E-state index contributed by atoms with van der Waals surface area (Å²) in [5, 5.41) is 16.1. The summed E-state index contributed by atoms with van der Waals surface area (Å²) in [5.41, 5.74) is 2.36. The number of nitrogens with one attached hydrogen (secondary N) is 2. The molecule has 1 saturated heterocycles. The van der Waals surface area contributed by atoms with E-state index in [1.807, 2.05) is 25.1 Å². The normalized spacial score (nSPS) is 15.2. The van der Waals surface area contributed by atoms with Gasteiger partial charge in [-0.3, -0.25) is 24.8 Å². The Morgan fingerprint density at radius 1 is 1.13 bits per heavy atom. The number of hydrogen-bond donors (Lipinski definition) is 2.